The van der Waals surface area contributed by atoms with Crippen LogP contribution in [0.1, 0.15) is 24.5 Å². The Morgan fingerprint density at radius 2 is 1.65 bits per heavy atom. The number of nitrogens with zero attached hydrogens (tertiary/aromatic N) is 1. The van der Waals surface area contributed by atoms with Crippen LogP contribution in [0.3, 0.4) is 0 Å². The molecule has 7 heteroatoms. The lowest BCUT2D eigenvalue weighted by Gasteiger charge is -2.10. The summed E-state index contributed by atoms with van der Waals surface area (Å²) in [4.78, 5) is 3.89. The van der Waals surface area contributed by atoms with Crippen LogP contribution >= 0.6 is 0 Å². The molecule has 0 saturated heterocycles. The molecule has 26 heavy (non-hydrogen) atoms. The summed E-state index contributed by atoms with van der Waals surface area (Å²) in [5.74, 6) is -4.45. The zero-order valence-electron chi connectivity index (χ0n) is 13.9. The Balaban J connectivity index is 2.10. The number of halogens is 5. The van der Waals surface area contributed by atoms with Gasteiger partial charge in [0.25, 0.3) is 0 Å². The molecule has 2 aromatic rings. The number of aliphatic imine (C=N–C) groups is 1. The van der Waals surface area contributed by atoms with E-state index in [0.717, 1.165) is 18.4 Å². The lowest BCUT2D eigenvalue weighted by atomic mass is 10.1. The van der Waals surface area contributed by atoms with E-state index < -0.39 is 23.7 Å². The number of ether oxygens (including phenoxy) is 1. The van der Waals surface area contributed by atoms with E-state index in [2.05, 4.69) is 15.8 Å². The predicted octanol–water partition coefficient (Wildman–Crippen LogP) is 6.12. The van der Waals surface area contributed by atoms with Crippen molar-refractivity contribution in [2.45, 2.75) is 26.1 Å². The molecule has 0 spiro atoms. The van der Waals surface area contributed by atoms with Gasteiger partial charge < -0.3 is 4.74 Å². The number of hydrogen-bond acceptors (Lipinski definition) is 2. The highest BCUT2D eigenvalue weighted by molar-refractivity contribution is 5.82. The highest BCUT2D eigenvalue weighted by atomic mass is 19.4. The molecule has 0 aromatic heterocycles. The van der Waals surface area contributed by atoms with Gasteiger partial charge in [0.1, 0.15) is 0 Å². The second kappa shape index (κ2) is 8.60. The Morgan fingerprint density at radius 3 is 2.19 bits per heavy atom. The summed E-state index contributed by atoms with van der Waals surface area (Å²) in [5.41, 5.74) is 1.66. The van der Waals surface area contributed by atoms with Gasteiger partial charge in [-0.1, -0.05) is 36.4 Å². The second-order valence-electron chi connectivity index (χ2n) is 5.39. The van der Waals surface area contributed by atoms with Crippen LogP contribution in [-0.2, 0) is 6.42 Å². The van der Waals surface area contributed by atoms with E-state index in [1.165, 1.54) is 6.21 Å². The molecule has 0 saturated carbocycles. The maximum absolute atomic E-state index is 13.6. The number of allylic oxidation sites excluding steroid dienone is 2. The van der Waals surface area contributed by atoms with Crippen LogP contribution in [0.4, 0.5) is 27.6 Å². The second-order valence-corrected chi connectivity index (χ2v) is 5.39. The van der Waals surface area contributed by atoms with E-state index in [4.69, 9.17) is 0 Å². The maximum Gasteiger partial charge on any atom is 0.573 e. The van der Waals surface area contributed by atoms with E-state index in [-0.39, 0.29) is 5.69 Å². The quantitative estimate of drug-likeness (QED) is 0.341. The molecule has 2 rings (SSSR count). The van der Waals surface area contributed by atoms with Crippen molar-refractivity contribution in [1.82, 2.24) is 0 Å². The molecule has 0 bridgehead atoms. The van der Waals surface area contributed by atoms with Gasteiger partial charge in [-0.05, 0) is 30.9 Å². The third-order valence-corrected chi connectivity index (χ3v) is 3.38. The maximum atomic E-state index is 13.6. The molecule has 0 heterocycles. The first-order valence-electron chi connectivity index (χ1n) is 7.77. The fourth-order valence-electron chi connectivity index (χ4n) is 2.17. The molecule has 0 unspecified atom stereocenters. The van der Waals surface area contributed by atoms with Crippen LogP contribution in [0.25, 0.3) is 0 Å². The Labute approximate surface area is 147 Å². The number of hydrogen-bond donors (Lipinski definition) is 0. The smallest absolute Gasteiger partial charge is 0.399 e. The highest BCUT2D eigenvalue weighted by Crippen LogP contribution is 2.31. The lowest BCUT2D eigenvalue weighted by molar-refractivity contribution is -0.276. The van der Waals surface area contributed by atoms with Gasteiger partial charge >= 0.3 is 6.36 Å². The summed E-state index contributed by atoms with van der Waals surface area (Å²) in [5, 5.41) is 0. The minimum absolute atomic E-state index is 0.160. The third kappa shape index (κ3) is 5.98. The molecule has 0 aliphatic rings. The van der Waals surface area contributed by atoms with Crippen molar-refractivity contribution in [1.29, 1.82) is 0 Å². The first kappa shape index (κ1) is 19.6. The predicted molar refractivity (Wildman–Crippen MR) is 89.9 cm³/mol. The first-order chi connectivity index (χ1) is 12.3. The fraction of sp³-hybridized carbons (Fsp3) is 0.211. The minimum Gasteiger partial charge on any atom is -0.399 e. The summed E-state index contributed by atoms with van der Waals surface area (Å²) < 4.78 is 66.9. The van der Waals surface area contributed by atoms with Crippen molar-refractivity contribution in [2.75, 3.05) is 0 Å². The van der Waals surface area contributed by atoms with Gasteiger partial charge in [0.05, 0.1) is 5.69 Å². The average molecular weight is 369 g/mol. The summed E-state index contributed by atoms with van der Waals surface area (Å²) in [6, 6.07) is 8.75. The average Bonchev–Trinajstić information content (AvgIpc) is 2.57. The normalized spacial score (nSPS) is 12.2. The van der Waals surface area contributed by atoms with Gasteiger partial charge in [-0.2, -0.15) is 0 Å². The van der Waals surface area contributed by atoms with Gasteiger partial charge in [-0.25, -0.2) is 8.78 Å². The number of alkyl halides is 3. The van der Waals surface area contributed by atoms with Gasteiger partial charge in [0.2, 0.25) is 5.75 Å². The molecule has 2 nitrogen and oxygen atoms in total. The van der Waals surface area contributed by atoms with Crippen LogP contribution < -0.4 is 4.74 Å². The molecular formula is C19H16F5NO. The summed E-state index contributed by atoms with van der Waals surface area (Å²) >= 11 is 0. The monoisotopic (exact) mass is 369 g/mol. The van der Waals surface area contributed by atoms with Crippen LogP contribution in [0.2, 0.25) is 0 Å². The minimum atomic E-state index is -5.18. The molecule has 0 aliphatic carbocycles. The van der Waals surface area contributed by atoms with Crippen molar-refractivity contribution >= 4 is 11.9 Å². The van der Waals surface area contributed by atoms with E-state index in [1.54, 1.807) is 12.1 Å². The van der Waals surface area contributed by atoms with Gasteiger partial charge in [-0.3, -0.25) is 4.99 Å². The van der Waals surface area contributed by atoms with Crippen molar-refractivity contribution in [3.63, 3.8) is 0 Å². The van der Waals surface area contributed by atoms with Crippen LogP contribution in [0.5, 0.6) is 5.75 Å². The van der Waals surface area contributed by atoms with Crippen LogP contribution in [-0.4, -0.2) is 12.6 Å². The van der Waals surface area contributed by atoms with E-state index in [1.807, 2.05) is 25.1 Å². The molecular weight excluding hydrogens is 353 g/mol. The van der Waals surface area contributed by atoms with E-state index >= 15 is 0 Å². The topological polar surface area (TPSA) is 21.6 Å². The summed E-state index contributed by atoms with van der Waals surface area (Å²) in [7, 11) is 0. The van der Waals surface area contributed by atoms with Crippen molar-refractivity contribution in [3.8, 4) is 5.75 Å². The zero-order valence-corrected chi connectivity index (χ0v) is 13.9. The molecule has 138 valence electrons. The van der Waals surface area contributed by atoms with Gasteiger partial charge in [-0.15, -0.1) is 13.2 Å². The van der Waals surface area contributed by atoms with Crippen molar-refractivity contribution < 1.29 is 26.7 Å². The molecule has 0 atom stereocenters. The summed E-state index contributed by atoms with van der Waals surface area (Å²) in [6.07, 6.45) is 2.04. The SMILES string of the molecule is C/C=C/CCc1ccc(C=Nc2cc(F)c(OC(F)(F)F)c(F)c2)cc1. The molecule has 0 radical (unpaired) electrons. The van der Waals surface area contributed by atoms with Gasteiger partial charge in [0, 0.05) is 18.3 Å². The standard InChI is InChI=1S/C19H16F5NO/c1-2-3-4-5-13-6-8-14(9-7-13)12-25-15-10-16(20)18(17(21)11-15)26-19(22,23)24/h2-3,6-12H,4-5H2,1H3/b3-2+,25-12?. The Morgan fingerprint density at radius 1 is 1.04 bits per heavy atom. The lowest BCUT2D eigenvalue weighted by Crippen LogP contribution is -2.18. The third-order valence-electron chi connectivity index (χ3n) is 3.38. The first-order valence-corrected chi connectivity index (χ1v) is 7.77. The van der Waals surface area contributed by atoms with E-state index in [0.29, 0.717) is 17.7 Å². The Hall–Kier alpha value is -2.70. The zero-order chi connectivity index (χ0) is 19.2. The molecule has 0 amide bonds. The number of aryl methyl sites for hydroxylation is 1. The fourth-order valence-corrected chi connectivity index (χ4v) is 2.17. The van der Waals surface area contributed by atoms with Crippen molar-refractivity contribution in [3.05, 3.63) is 71.3 Å². The molecule has 2 aromatic carbocycles. The van der Waals surface area contributed by atoms with Crippen LogP contribution in [0.15, 0.2) is 53.5 Å². The Kier molecular flexibility index (Phi) is 6.49. The van der Waals surface area contributed by atoms with Crippen molar-refractivity contribution in [2.24, 2.45) is 4.99 Å². The largest absolute Gasteiger partial charge is 0.573 e. The molecule has 0 fully saturated rings. The van der Waals surface area contributed by atoms with Gasteiger partial charge in [0.15, 0.2) is 11.6 Å². The van der Waals surface area contributed by atoms with Crippen LogP contribution in [0, 0.1) is 11.6 Å². The summed E-state index contributed by atoms with van der Waals surface area (Å²) in [6.45, 7) is 1.95. The number of rotatable bonds is 6. The molecule has 0 N–H and O–H groups in total. The number of benzene rings is 2. The highest BCUT2D eigenvalue weighted by Gasteiger charge is 2.34. The molecule has 0 aliphatic heterocycles. The Bertz CT molecular complexity index is 772. The van der Waals surface area contributed by atoms with E-state index in [9.17, 15) is 22.0 Å².